The van der Waals surface area contributed by atoms with E-state index in [-0.39, 0.29) is 9.77 Å². The van der Waals surface area contributed by atoms with Gasteiger partial charge in [0, 0.05) is 5.56 Å². The number of nitrogens with one attached hydrogen (secondary N) is 2. The lowest BCUT2D eigenvalue weighted by molar-refractivity contribution is 0.0606. The Morgan fingerprint density at radius 1 is 1.57 bits per heavy atom. The van der Waals surface area contributed by atoms with E-state index in [2.05, 4.69) is 35.6 Å². The van der Waals surface area contributed by atoms with Gasteiger partial charge >= 0.3 is 5.97 Å². The van der Waals surface area contributed by atoms with Gasteiger partial charge in [-0.1, -0.05) is 6.92 Å². The van der Waals surface area contributed by atoms with Crippen LogP contribution in [-0.4, -0.2) is 31.7 Å². The first-order valence-electron chi connectivity index (χ1n) is 5.81. The number of sulfonamides is 1. The van der Waals surface area contributed by atoms with Gasteiger partial charge in [-0.2, -0.15) is 5.10 Å². The maximum Gasteiger partial charge on any atom is 0.348 e. The van der Waals surface area contributed by atoms with E-state index in [0.717, 1.165) is 16.9 Å². The number of methoxy groups -OCH3 is 1. The lowest BCUT2D eigenvalue weighted by Crippen LogP contribution is -2.14. The molecule has 0 atom stereocenters. The number of rotatable bonds is 5. The molecule has 2 rings (SSSR count). The van der Waals surface area contributed by atoms with Gasteiger partial charge < -0.3 is 4.74 Å². The summed E-state index contributed by atoms with van der Waals surface area (Å²) in [5.74, 6) is -0.270. The van der Waals surface area contributed by atoms with Crippen LogP contribution in [-0.2, 0) is 21.2 Å². The first kappa shape index (κ1) is 16.0. The molecule has 0 aliphatic rings. The number of anilines is 1. The van der Waals surface area contributed by atoms with Crippen molar-refractivity contribution in [3.05, 3.63) is 26.5 Å². The molecule has 2 aromatic rings. The molecule has 0 amide bonds. The molecule has 0 radical (unpaired) electrons. The van der Waals surface area contributed by atoms with Gasteiger partial charge in [-0.05, 0) is 28.4 Å². The molecule has 7 nitrogen and oxygen atoms in total. The van der Waals surface area contributed by atoms with Gasteiger partial charge in [0.1, 0.15) is 15.6 Å². The SMILES string of the molecule is CCc1cn[nH]c1NS(=O)(=O)c1cc(C(=O)OC)sc1Br. The Bertz CT molecular complexity index is 766. The summed E-state index contributed by atoms with van der Waals surface area (Å²) in [6, 6.07) is 1.27. The molecule has 0 saturated heterocycles. The largest absolute Gasteiger partial charge is 0.465 e. The Balaban J connectivity index is 2.36. The standard InChI is InChI=1S/C11H12BrN3O4S2/c1-3-6-5-13-14-10(6)15-21(17,18)8-4-7(11(16)19-2)20-9(8)12/h4-5H,3H2,1-2H3,(H2,13,14,15). The molecule has 0 aromatic carbocycles. The molecule has 0 aliphatic carbocycles. The molecule has 0 unspecified atom stereocenters. The Morgan fingerprint density at radius 2 is 2.29 bits per heavy atom. The number of nitrogens with zero attached hydrogens (tertiary/aromatic N) is 1. The fourth-order valence-corrected chi connectivity index (χ4v) is 5.13. The summed E-state index contributed by atoms with van der Waals surface area (Å²) in [5.41, 5.74) is 0.748. The number of carbonyl (C=O) groups is 1. The van der Waals surface area contributed by atoms with Crippen LogP contribution in [0.4, 0.5) is 5.82 Å². The number of H-pyrrole nitrogens is 1. The molecule has 2 heterocycles. The molecular weight excluding hydrogens is 382 g/mol. The minimum Gasteiger partial charge on any atom is -0.465 e. The van der Waals surface area contributed by atoms with Crippen molar-refractivity contribution in [1.82, 2.24) is 10.2 Å². The van der Waals surface area contributed by atoms with E-state index < -0.39 is 16.0 Å². The number of aryl methyl sites for hydroxylation is 1. The summed E-state index contributed by atoms with van der Waals surface area (Å²) in [7, 11) is -2.60. The van der Waals surface area contributed by atoms with Crippen LogP contribution in [0.3, 0.4) is 0 Å². The van der Waals surface area contributed by atoms with Crippen molar-refractivity contribution in [3.63, 3.8) is 0 Å². The van der Waals surface area contributed by atoms with Crippen LogP contribution in [0.5, 0.6) is 0 Å². The Hall–Kier alpha value is -1.39. The monoisotopic (exact) mass is 393 g/mol. The van der Waals surface area contributed by atoms with Crippen LogP contribution in [0, 0.1) is 0 Å². The lowest BCUT2D eigenvalue weighted by atomic mass is 10.3. The molecule has 21 heavy (non-hydrogen) atoms. The highest BCUT2D eigenvalue weighted by atomic mass is 79.9. The topological polar surface area (TPSA) is 101 Å². The normalized spacial score (nSPS) is 11.4. The van der Waals surface area contributed by atoms with E-state index in [4.69, 9.17) is 0 Å². The number of aromatic amines is 1. The minimum absolute atomic E-state index is 0.0236. The summed E-state index contributed by atoms with van der Waals surface area (Å²) in [6.45, 7) is 1.89. The first-order chi connectivity index (χ1) is 9.89. The highest BCUT2D eigenvalue weighted by molar-refractivity contribution is 9.11. The summed E-state index contributed by atoms with van der Waals surface area (Å²) < 4.78 is 32.1. The second-order valence-electron chi connectivity index (χ2n) is 3.97. The number of halogens is 1. The van der Waals surface area contributed by atoms with Gasteiger partial charge in [0.2, 0.25) is 0 Å². The third-order valence-electron chi connectivity index (χ3n) is 2.67. The van der Waals surface area contributed by atoms with Crippen LogP contribution in [0.1, 0.15) is 22.2 Å². The second kappa shape index (κ2) is 6.16. The summed E-state index contributed by atoms with van der Waals surface area (Å²) in [6.07, 6.45) is 2.19. The molecule has 0 saturated carbocycles. The molecule has 0 spiro atoms. The highest BCUT2D eigenvalue weighted by Gasteiger charge is 2.24. The molecule has 10 heteroatoms. The van der Waals surface area contributed by atoms with Crippen molar-refractivity contribution in [1.29, 1.82) is 0 Å². The zero-order valence-electron chi connectivity index (χ0n) is 11.1. The summed E-state index contributed by atoms with van der Waals surface area (Å²) in [4.78, 5) is 11.6. The van der Waals surface area contributed by atoms with Crippen molar-refractivity contribution >= 4 is 49.1 Å². The maximum atomic E-state index is 12.4. The average molecular weight is 394 g/mol. The average Bonchev–Trinajstić information content (AvgIpc) is 3.03. The van der Waals surface area contributed by atoms with E-state index in [0.29, 0.717) is 16.0 Å². The zero-order chi connectivity index (χ0) is 15.6. The van der Waals surface area contributed by atoms with Gasteiger partial charge in [-0.15, -0.1) is 11.3 Å². The smallest absolute Gasteiger partial charge is 0.348 e. The Kier molecular flexibility index (Phi) is 4.69. The predicted molar refractivity (Wildman–Crippen MR) is 82.1 cm³/mol. The number of aromatic nitrogens is 2. The lowest BCUT2D eigenvalue weighted by Gasteiger charge is -2.06. The van der Waals surface area contributed by atoms with E-state index in [1.165, 1.54) is 13.2 Å². The molecule has 2 aromatic heterocycles. The van der Waals surface area contributed by atoms with Gasteiger partial charge in [0.15, 0.2) is 0 Å². The number of ether oxygens (including phenoxy) is 1. The molecule has 2 N–H and O–H groups in total. The van der Waals surface area contributed by atoms with Gasteiger partial charge in [0.25, 0.3) is 10.0 Å². The Labute approximate surface area is 133 Å². The van der Waals surface area contributed by atoms with Crippen LogP contribution in [0.15, 0.2) is 20.9 Å². The minimum atomic E-state index is -3.83. The number of hydrogen-bond acceptors (Lipinski definition) is 6. The third-order valence-corrected chi connectivity index (χ3v) is 6.25. The molecule has 114 valence electrons. The van der Waals surface area contributed by atoms with Gasteiger partial charge in [-0.3, -0.25) is 9.82 Å². The van der Waals surface area contributed by atoms with E-state index in [1.54, 1.807) is 6.20 Å². The quantitative estimate of drug-likeness (QED) is 0.759. The highest BCUT2D eigenvalue weighted by Crippen LogP contribution is 2.33. The summed E-state index contributed by atoms with van der Waals surface area (Å²) >= 11 is 4.15. The van der Waals surface area contributed by atoms with Crippen molar-refractivity contribution in [3.8, 4) is 0 Å². The molecule has 0 bridgehead atoms. The second-order valence-corrected chi connectivity index (χ2v) is 7.99. The third kappa shape index (κ3) is 3.27. The molecule has 0 fully saturated rings. The number of esters is 1. The van der Waals surface area contributed by atoms with Crippen LogP contribution >= 0.6 is 27.3 Å². The fourth-order valence-electron chi connectivity index (χ4n) is 1.59. The number of thiophene rings is 1. The van der Waals surface area contributed by atoms with Crippen molar-refractivity contribution in [2.24, 2.45) is 0 Å². The van der Waals surface area contributed by atoms with E-state index >= 15 is 0 Å². The maximum absolute atomic E-state index is 12.4. The zero-order valence-corrected chi connectivity index (χ0v) is 14.4. The van der Waals surface area contributed by atoms with Crippen LogP contribution in [0.2, 0.25) is 0 Å². The van der Waals surface area contributed by atoms with Crippen molar-refractivity contribution in [2.45, 2.75) is 18.2 Å². The summed E-state index contributed by atoms with van der Waals surface area (Å²) in [5, 5.41) is 6.40. The molecule has 0 aliphatic heterocycles. The fraction of sp³-hybridized carbons (Fsp3) is 0.273. The number of hydrogen-bond donors (Lipinski definition) is 2. The van der Waals surface area contributed by atoms with Gasteiger partial charge in [0.05, 0.1) is 17.1 Å². The Morgan fingerprint density at radius 3 is 2.90 bits per heavy atom. The van der Waals surface area contributed by atoms with Crippen molar-refractivity contribution < 1.29 is 17.9 Å². The van der Waals surface area contributed by atoms with Crippen LogP contribution < -0.4 is 4.72 Å². The molecular formula is C11H12BrN3O4S2. The predicted octanol–water partition coefficient (Wildman–Crippen LogP) is 2.38. The van der Waals surface area contributed by atoms with Crippen molar-refractivity contribution in [2.75, 3.05) is 11.8 Å². The first-order valence-corrected chi connectivity index (χ1v) is 8.91. The van der Waals surface area contributed by atoms with Gasteiger partial charge in [-0.25, -0.2) is 13.2 Å². The van der Waals surface area contributed by atoms with E-state index in [9.17, 15) is 13.2 Å². The van der Waals surface area contributed by atoms with Crippen LogP contribution in [0.25, 0.3) is 0 Å². The number of carbonyl (C=O) groups excluding carboxylic acids is 1. The van der Waals surface area contributed by atoms with E-state index in [1.807, 2.05) is 6.92 Å².